The van der Waals surface area contributed by atoms with Gasteiger partial charge in [0.1, 0.15) is 0 Å². The fourth-order valence-electron chi connectivity index (χ4n) is 3.97. The molecule has 3 rings (SSSR count). The predicted octanol–water partition coefficient (Wildman–Crippen LogP) is 3.44. The molecule has 140 valence electrons. The van der Waals surface area contributed by atoms with Crippen molar-refractivity contribution in [3.63, 3.8) is 0 Å². The van der Waals surface area contributed by atoms with Gasteiger partial charge in [-0.3, -0.25) is 0 Å². The Morgan fingerprint density at radius 1 is 0.960 bits per heavy atom. The van der Waals surface area contributed by atoms with Crippen LogP contribution in [0.15, 0.2) is 23.1 Å². The van der Waals surface area contributed by atoms with E-state index in [0.29, 0.717) is 23.9 Å². The van der Waals surface area contributed by atoms with E-state index in [9.17, 15) is 8.42 Å². The molecule has 0 N–H and O–H groups in total. The van der Waals surface area contributed by atoms with Crippen LogP contribution in [-0.2, 0) is 10.0 Å². The number of benzene rings is 1. The van der Waals surface area contributed by atoms with Crippen molar-refractivity contribution in [3.05, 3.63) is 29.3 Å². The first kappa shape index (κ1) is 18.9. The quantitative estimate of drug-likeness (QED) is 0.822. The first-order valence-electron chi connectivity index (χ1n) is 9.66. The summed E-state index contributed by atoms with van der Waals surface area (Å²) in [4.78, 5) is 3.03. The lowest BCUT2D eigenvalue weighted by molar-refractivity contribution is 0.142. The van der Waals surface area contributed by atoms with Gasteiger partial charge in [-0.2, -0.15) is 4.31 Å². The Bertz CT molecular complexity index is 686. The van der Waals surface area contributed by atoms with E-state index < -0.39 is 10.0 Å². The Balaban J connectivity index is 1.57. The molecule has 0 amide bonds. The Kier molecular flexibility index (Phi) is 5.86. The Hall–Kier alpha value is -0.910. The second-order valence-electron chi connectivity index (χ2n) is 8.08. The van der Waals surface area contributed by atoms with Crippen LogP contribution in [0.1, 0.15) is 43.7 Å². The number of hydrogen-bond acceptors (Lipinski definition) is 3. The zero-order valence-corrected chi connectivity index (χ0v) is 16.7. The van der Waals surface area contributed by atoms with E-state index in [4.69, 9.17) is 0 Å². The van der Waals surface area contributed by atoms with Crippen molar-refractivity contribution in [2.75, 3.05) is 32.7 Å². The molecule has 2 aliphatic heterocycles. The largest absolute Gasteiger partial charge is 0.303 e. The van der Waals surface area contributed by atoms with Crippen LogP contribution in [0.3, 0.4) is 0 Å². The minimum absolute atomic E-state index is 0.444. The second-order valence-corrected chi connectivity index (χ2v) is 10.0. The summed E-state index contributed by atoms with van der Waals surface area (Å²) < 4.78 is 27.5. The maximum atomic E-state index is 12.9. The zero-order chi connectivity index (χ0) is 18.0. The molecule has 0 aromatic heterocycles. The molecule has 1 aromatic rings. The van der Waals surface area contributed by atoms with Crippen molar-refractivity contribution in [2.24, 2.45) is 11.8 Å². The number of sulfonamides is 1. The molecule has 5 heteroatoms. The van der Waals surface area contributed by atoms with Crippen LogP contribution in [0, 0.1) is 25.7 Å². The molecule has 0 unspecified atom stereocenters. The van der Waals surface area contributed by atoms with Gasteiger partial charge in [0, 0.05) is 19.6 Å². The molecule has 2 fully saturated rings. The molecule has 25 heavy (non-hydrogen) atoms. The number of likely N-dealkylation sites (tertiary alicyclic amines) is 1. The first-order valence-corrected chi connectivity index (χ1v) is 11.1. The zero-order valence-electron chi connectivity index (χ0n) is 15.9. The number of piperidine rings is 2. The molecule has 0 atom stereocenters. The van der Waals surface area contributed by atoms with E-state index in [2.05, 4.69) is 11.8 Å². The first-order chi connectivity index (χ1) is 11.9. The van der Waals surface area contributed by atoms with Gasteiger partial charge in [0.2, 0.25) is 10.0 Å². The molecule has 0 spiro atoms. The van der Waals surface area contributed by atoms with Gasteiger partial charge in [0.25, 0.3) is 0 Å². The van der Waals surface area contributed by atoms with Crippen LogP contribution in [0.5, 0.6) is 0 Å². The van der Waals surface area contributed by atoms with E-state index >= 15 is 0 Å². The maximum absolute atomic E-state index is 12.9. The molecule has 2 heterocycles. The summed E-state index contributed by atoms with van der Waals surface area (Å²) in [6.07, 6.45) is 4.58. The van der Waals surface area contributed by atoms with Crippen LogP contribution >= 0.6 is 0 Å². The Morgan fingerprint density at radius 3 is 2.20 bits per heavy atom. The van der Waals surface area contributed by atoms with Crippen molar-refractivity contribution in [1.29, 1.82) is 0 Å². The average molecular weight is 365 g/mol. The summed E-state index contributed by atoms with van der Waals surface area (Å²) >= 11 is 0. The number of aryl methyl sites for hydroxylation is 2. The molecule has 2 aliphatic rings. The summed E-state index contributed by atoms with van der Waals surface area (Å²) in [5, 5.41) is 0. The average Bonchev–Trinajstić information content (AvgIpc) is 2.60. The van der Waals surface area contributed by atoms with Crippen molar-refractivity contribution in [3.8, 4) is 0 Å². The van der Waals surface area contributed by atoms with Crippen LogP contribution in [0.4, 0.5) is 0 Å². The van der Waals surface area contributed by atoms with Crippen molar-refractivity contribution in [1.82, 2.24) is 9.21 Å². The highest BCUT2D eigenvalue weighted by atomic mass is 32.2. The monoisotopic (exact) mass is 364 g/mol. The second kappa shape index (κ2) is 7.77. The smallest absolute Gasteiger partial charge is 0.243 e. The molecule has 0 aliphatic carbocycles. The molecule has 0 radical (unpaired) electrons. The molecule has 1 aromatic carbocycles. The van der Waals surface area contributed by atoms with Gasteiger partial charge in [0.05, 0.1) is 4.90 Å². The number of nitrogens with zero attached hydrogens (tertiary/aromatic N) is 2. The molecule has 0 saturated carbocycles. The van der Waals surface area contributed by atoms with Gasteiger partial charge >= 0.3 is 0 Å². The van der Waals surface area contributed by atoms with Gasteiger partial charge < -0.3 is 4.90 Å². The highest BCUT2D eigenvalue weighted by molar-refractivity contribution is 7.89. The Labute approximate surface area is 153 Å². The standard InChI is InChI=1S/C20H32N2O2S/c1-16-6-10-21(11-7-16)15-19-8-12-22(13-9-19)25(23,24)20-5-4-17(2)18(3)14-20/h4-5,14,16,19H,6-13,15H2,1-3H3. The normalized spacial score (nSPS) is 22.4. The molecule has 0 bridgehead atoms. The van der Waals surface area contributed by atoms with E-state index in [0.717, 1.165) is 36.4 Å². The van der Waals surface area contributed by atoms with Gasteiger partial charge in [0.15, 0.2) is 0 Å². The van der Waals surface area contributed by atoms with Gasteiger partial charge in [-0.25, -0.2) is 8.42 Å². The van der Waals surface area contributed by atoms with Crippen LogP contribution in [0.2, 0.25) is 0 Å². The molecular weight excluding hydrogens is 332 g/mol. The van der Waals surface area contributed by atoms with Gasteiger partial charge in [-0.15, -0.1) is 0 Å². The molecular formula is C20H32N2O2S. The maximum Gasteiger partial charge on any atom is 0.243 e. The van der Waals surface area contributed by atoms with Crippen molar-refractivity contribution < 1.29 is 8.42 Å². The van der Waals surface area contributed by atoms with Gasteiger partial charge in [-0.05, 0) is 87.7 Å². The third-order valence-electron chi connectivity index (χ3n) is 6.08. The van der Waals surface area contributed by atoms with Crippen molar-refractivity contribution in [2.45, 2.75) is 51.3 Å². The number of rotatable bonds is 4. The van der Waals surface area contributed by atoms with E-state index in [1.54, 1.807) is 10.4 Å². The van der Waals surface area contributed by atoms with Crippen LogP contribution in [0.25, 0.3) is 0 Å². The van der Waals surface area contributed by atoms with E-state index in [1.807, 2.05) is 26.0 Å². The summed E-state index contributed by atoms with van der Waals surface area (Å²) in [5.74, 6) is 1.50. The Morgan fingerprint density at radius 2 is 1.60 bits per heavy atom. The number of hydrogen-bond donors (Lipinski definition) is 0. The third-order valence-corrected chi connectivity index (χ3v) is 7.98. The summed E-state index contributed by atoms with van der Waals surface area (Å²) in [6, 6.07) is 5.47. The highest BCUT2D eigenvalue weighted by Gasteiger charge is 2.30. The summed E-state index contributed by atoms with van der Waals surface area (Å²) in [7, 11) is -3.35. The van der Waals surface area contributed by atoms with Crippen LogP contribution < -0.4 is 0 Å². The van der Waals surface area contributed by atoms with Crippen molar-refractivity contribution >= 4 is 10.0 Å². The predicted molar refractivity (Wildman–Crippen MR) is 102 cm³/mol. The lowest BCUT2D eigenvalue weighted by Gasteiger charge is -2.36. The fraction of sp³-hybridized carbons (Fsp3) is 0.700. The SMILES string of the molecule is Cc1ccc(S(=O)(=O)N2CCC(CN3CCC(C)CC3)CC2)cc1C. The minimum Gasteiger partial charge on any atom is -0.303 e. The lowest BCUT2D eigenvalue weighted by Crippen LogP contribution is -2.43. The summed E-state index contributed by atoms with van der Waals surface area (Å²) in [6.45, 7) is 11.2. The van der Waals surface area contributed by atoms with Crippen LogP contribution in [-0.4, -0.2) is 50.3 Å². The highest BCUT2D eigenvalue weighted by Crippen LogP contribution is 2.26. The lowest BCUT2D eigenvalue weighted by atomic mass is 9.94. The summed E-state index contributed by atoms with van der Waals surface area (Å²) in [5.41, 5.74) is 2.17. The van der Waals surface area contributed by atoms with E-state index in [-0.39, 0.29) is 0 Å². The topological polar surface area (TPSA) is 40.6 Å². The van der Waals surface area contributed by atoms with E-state index in [1.165, 1.54) is 25.9 Å². The molecule has 2 saturated heterocycles. The fourth-order valence-corrected chi connectivity index (χ4v) is 5.52. The minimum atomic E-state index is -3.35. The molecule has 4 nitrogen and oxygen atoms in total. The van der Waals surface area contributed by atoms with Gasteiger partial charge in [-0.1, -0.05) is 13.0 Å². The third kappa shape index (κ3) is 4.44.